The molecule has 0 aromatic carbocycles. The van der Waals surface area contributed by atoms with E-state index in [0.717, 1.165) is 70.6 Å². The van der Waals surface area contributed by atoms with Crippen molar-refractivity contribution in [2.24, 2.45) is 0 Å². The van der Waals surface area contributed by atoms with Gasteiger partial charge in [0, 0.05) is 12.8 Å². The van der Waals surface area contributed by atoms with Gasteiger partial charge in [-0.2, -0.15) is 0 Å². The smallest absolute Gasteiger partial charge is 0.306 e. The van der Waals surface area contributed by atoms with Gasteiger partial charge in [0.1, 0.15) is 6.61 Å². The zero-order valence-electron chi connectivity index (χ0n) is 29.8. The first-order chi connectivity index (χ1) is 22.6. The van der Waals surface area contributed by atoms with Gasteiger partial charge in [-0.3, -0.25) is 9.59 Å². The summed E-state index contributed by atoms with van der Waals surface area (Å²) in [5, 5.41) is 9.53. The molecule has 0 rings (SSSR count). The minimum Gasteiger partial charge on any atom is -0.462 e. The molecule has 0 heterocycles. The number of esters is 2. The zero-order chi connectivity index (χ0) is 33.6. The van der Waals surface area contributed by atoms with Crippen LogP contribution in [-0.2, 0) is 19.1 Å². The lowest BCUT2D eigenvalue weighted by molar-refractivity contribution is -0.161. The lowest BCUT2D eigenvalue weighted by atomic mass is 10.1. The van der Waals surface area contributed by atoms with Crippen LogP contribution in [0.4, 0.5) is 0 Å². The van der Waals surface area contributed by atoms with E-state index >= 15 is 0 Å². The Bertz CT molecular complexity index is 823. The molecule has 5 nitrogen and oxygen atoms in total. The van der Waals surface area contributed by atoms with E-state index in [0.29, 0.717) is 12.8 Å². The topological polar surface area (TPSA) is 72.8 Å². The molecule has 0 saturated heterocycles. The molecule has 5 heteroatoms. The number of allylic oxidation sites excluding steroid dienone is 10. The normalized spacial score (nSPS) is 12.8. The number of hydrogen-bond donors (Lipinski definition) is 1. The first kappa shape index (κ1) is 43.6. The number of carbonyl (C=O) groups excluding carboxylic acids is 2. The van der Waals surface area contributed by atoms with E-state index in [1.54, 1.807) is 0 Å². The van der Waals surface area contributed by atoms with Crippen molar-refractivity contribution in [3.8, 4) is 0 Å². The molecule has 0 amide bonds. The van der Waals surface area contributed by atoms with Crippen molar-refractivity contribution in [1.29, 1.82) is 0 Å². The van der Waals surface area contributed by atoms with E-state index in [9.17, 15) is 14.7 Å². The van der Waals surface area contributed by atoms with Gasteiger partial charge < -0.3 is 14.6 Å². The summed E-state index contributed by atoms with van der Waals surface area (Å²) in [5.41, 5.74) is 0. The van der Waals surface area contributed by atoms with Gasteiger partial charge in [0.2, 0.25) is 0 Å². The van der Waals surface area contributed by atoms with E-state index in [1.807, 2.05) is 0 Å². The predicted molar refractivity (Wildman–Crippen MR) is 196 cm³/mol. The van der Waals surface area contributed by atoms with Crippen LogP contribution in [0.1, 0.15) is 168 Å². The average Bonchev–Trinajstić information content (AvgIpc) is 3.06. The number of ether oxygens (including phenoxy) is 2. The SMILES string of the molecule is CCCCC/C=C/C/C=C/C/C=C/C/C=C/CCCCCC(=O)OC[C@H](CO)OC(=O)CCCCCCC/C=C/CCCCCC. The van der Waals surface area contributed by atoms with Crippen LogP contribution >= 0.6 is 0 Å². The Hall–Kier alpha value is -2.40. The van der Waals surface area contributed by atoms with E-state index in [1.165, 1.54) is 70.6 Å². The third-order valence-corrected chi connectivity index (χ3v) is 7.78. The van der Waals surface area contributed by atoms with Crippen LogP contribution < -0.4 is 0 Å². The molecule has 0 spiro atoms. The van der Waals surface area contributed by atoms with Gasteiger partial charge in [-0.1, -0.05) is 132 Å². The van der Waals surface area contributed by atoms with Crippen LogP contribution in [0.3, 0.4) is 0 Å². The number of aliphatic hydroxyl groups is 1. The Labute approximate surface area is 283 Å². The Morgan fingerprint density at radius 3 is 1.39 bits per heavy atom. The van der Waals surface area contributed by atoms with E-state index in [2.05, 4.69) is 74.6 Å². The van der Waals surface area contributed by atoms with Crippen molar-refractivity contribution in [1.82, 2.24) is 0 Å². The maximum Gasteiger partial charge on any atom is 0.306 e. The fourth-order valence-corrected chi connectivity index (χ4v) is 4.88. The summed E-state index contributed by atoms with van der Waals surface area (Å²) >= 11 is 0. The molecule has 1 N–H and O–H groups in total. The van der Waals surface area contributed by atoms with Crippen molar-refractivity contribution >= 4 is 11.9 Å². The quantitative estimate of drug-likeness (QED) is 0.0438. The molecule has 0 aromatic heterocycles. The minimum atomic E-state index is -0.789. The van der Waals surface area contributed by atoms with Crippen molar-refractivity contribution in [3.63, 3.8) is 0 Å². The van der Waals surface area contributed by atoms with Gasteiger partial charge in [0.25, 0.3) is 0 Å². The summed E-state index contributed by atoms with van der Waals surface area (Å²) in [7, 11) is 0. The number of rotatable bonds is 33. The molecule has 0 aromatic rings. The van der Waals surface area contributed by atoms with E-state index in [4.69, 9.17) is 9.47 Å². The highest BCUT2D eigenvalue weighted by atomic mass is 16.6. The van der Waals surface area contributed by atoms with Crippen LogP contribution in [-0.4, -0.2) is 36.4 Å². The van der Waals surface area contributed by atoms with Crippen LogP contribution in [0.25, 0.3) is 0 Å². The molecule has 264 valence electrons. The molecular formula is C41H70O5. The highest BCUT2D eigenvalue weighted by Gasteiger charge is 2.16. The standard InChI is InChI=1S/C41H70O5/c1-3-5-7-9-11-13-15-17-18-19-20-21-22-24-25-27-29-31-33-35-40(43)45-38-39(37-42)46-41(44)36-34-32-30-28-26-23-16-14-12-10-8-6-4-2/h11,13-14,16-18,20-21,24-25,39,42H,3-10,12,15,19,22-23,26-38H2,1-2H3/b13-11+,16-14+,18-17+,21-20+,25-24+/t39-/m0/s1. The number of hydrogen-bond acceptors (Lipinski definition) is 5. The third kappa shape index (κ3) is 34.5. The van der Waals surface area contributed by atoms with Gasteiger partial charge in [0.05, 0.1) is 6.61 Å². The molecule has 1 atom stereocenters. The molecule has 0 saturated carbocycles. The van der Waals surface area contributed by atoms with Crippen molar-refractivity contribution in [2.75, 3.05) is 13.2 Å². The van der Waals surface area contributed by atoms with Crippen LogP contribution in [0, 0.1) is 0 Å². The first-order valence-corrected chi connectivity index (χ1v) is 18.8. The lowest BCUT2D eigenvalue weighted by Gasteiger charge is -2.15. The fourth-order valence-electron chi connectivity index (χ4n) is 4.88. The molecule has 0 unspecified atom stereocenters. The molecular weight excluding hydrogens is 572 g/mol. The third-order valence-electron chi connectivity index (χ3n) is 7.78. The van der Waals surface area contributed by atoms with Gasteiger partial charge in [0.15, 0.2) is 6.10 Å². The summed E-state index contributed by atoms with van der Waals surface area (Å²) in [5.74, 6) is -0.642. The molecule has 0 bridgehead atoms. The second-order valence-corrected chi connectivity index (χ2v) is 12.3. The molecule has 0 aliphatic rings. The summed E-state index contributed by atoms with van der Waals surface area (Å²) in [6, 6.07) is 0. The van der Waals surface area contributed by atoms with E-state index < -0.39 is 6.10 Å². The minimum absolute atomic E-state index is 0.0879. The highest BCUT2D eigenvalue weighted by molar-refractivity contribution is 5.70. The monoisotopic (exact) mass is 643 g/mol. The van der Waals surface area contributed by atoms with Gasteiger partial charge in [-0.05, 0) is 83.5 Å². The average molecular weight is 643 g/mol. The zero-order valence-corrected chi connectivity index (χ0v) is 29.8. The van der Waals surface area contributed by atoms with Crippen LogP contribution in [0.15, 0.2) is 60.8 Å². The second kappa shape index (κ2) is 37.1. The first-order valence-electron chi connectivity index (χ1n) is 18.8. The lowest BCUT2D eigenvalue weighted by Crippen LogP contribution is -2.28. The molecule has 46 heavy (non-hydrogen) atoms. The largest absolute Gasteiger partial charge is 0.462 e. The van der Waals surface area contributed by atoms with Crippen molar-refractivity contribution in [3.05, 3.63) is 60.8 Å². The molecule has 0 fully saturated rings. The van der Waals surface area contributed by atoms with Crippen LogP contribution in [0.2, 0.25) is 0 Å². The van der Waals surface area contributed by atoms with E-state index in [-0.39, 0.29) is 25.2 Å². The Morgan fingerprint density at radius 2 is 0.870 bits per heavy atom. The Kier molecular flexibility index (Phi) is 35.1. The second-order valence-electron chi connectivity index (χ2n) is 12.3. The Morgan fingerprint density at radius 1 is 0.500 bits per heavy atom. The maximum absolute atomic E-state index is 12.1. The van der Waals surface area contributed by atoms with Gasteiger partial charge in [-0.25, -0.2) is 0 Å². The summed E-state index contributed by atoms with van der Waals surface area (Å²) in [6.45, 7) is 4.04. The number of carbonyl (C=O) groups is 2. The van der Waals surface area contributed by atoms with Gasteiger partial charge in [-0.15, -0.1) is 0 Å². The Balaban J connectivity index is 3.67. The van der Waals surface area contributed by atoms with Crippen molar-refractivity contribution < 1.29 is 24.2 Å². The molecule has 0 aliphatic heterocycles. The summed E-state index contributed by atoms with van der Waals surface area (Å²) in [6.07, 6.45) is 47.0. The number of unbranched alkanes of at least 4 members (excludes halogenated alkanes) is 15. The number of aliphatic hydroxyl groups excluding tert-OH is 1. The molecule has 0 aliphatic carbocycles. The predicted octanol–water partition coefficient (Wildman–Crippen LogP) is 11.6. The highest BCUT2D eigenvalue weighted by Crippen LogP contribution is 2.11. The van der Waals surface area contributed by atoms with Gasteiger partial charge >= 0.3 is 11.9 Å². The van der Waals surface area contributed by atoms with Crippen molar-refractivity contribution in [2.45, 2.75) is 174 Å². The van der Waals surface area contributed by atoms with Crippen LogP contribution in [0.5, 0.6) is 0 Å². The molecule has 0 radical (unpaired) electrons. The fraction of sp³-hybridized carbons (Fsp3) is 0.707. The summed E-state index contributed by atoms with van der Waals surface area (Å²) < 4.78 is 10.6. The maximum atomic E-state index is 12.1. The summed E-state index contributed by atoms with van der Waals surface area (Å²) in [4.78, 5) is 24.2.